The van der Waals surface area contributed by atoms with Crippen LogP contribution in [0, 0.1) is 6.92 Å². The molecule has 0 aliphatic heterocycles. The second-order valence-electron chi connectivity index (χ2n) is 4.53. The first-order valence-electron chi connectivity index (χ1n) is 6.32. The van der Waals surface area contributed by atoms with Gasteiger partial charge in [-0.25, -0.2) is 19.7 Å². The molecule has 2 heterocycles. The van der Waals surface area contributed by atoms with Gasteiger partial charge in [-0.05, 0) is 6.92 Å². The lowest BCUT2D eigenvalue weighted by Gasteiger charge is -2.06. The standard InChI is InChI=1S/C15H12N4O2/c1-10-7-13(19-8-12(15(20)21)16-9-19)18-14(17-10)11-5-3-2-4-6-11/h2-9H,1H3,(H,20,21). The van der Waals surface area contributed by atoms with Crippen LogP contribution in [-0.4, -0.2) is 30.6 Å². The van der Waals surface area contributed by atoms with Crippen LogP contribution in [0.3, 0.4) is 0 Å². The van der Waals surface area contributed by atoms with Crippen molar-refractivity contribution in [2.75, 3.05) is 0 Å². The molecule has 0 fully saturated rings. The van der Waals surface area contributed by atoms with Gasteiger partial charge in [-0.2, -0.15) is 0 Å². The molecule has 0 bridgehead atoms. The minimum Gasteiger partial charge on any atom is -0.476 e. The van der Waals surface area contributed by atoms with Gasteiger partial charge in [-0.15, -0.1) is 0 Å². The number of carboxylic acids is 1. The third kappa shape index (κ3) is 2.64. The number of aromatic carboxylic acids is 1. The predicted octanol–water partition coefficient (Wildman–Crippen LogP) is 2.34. The molecule has 3 rings (SSSR count). The quantitative estimate of drug-likeness (QED) is 0.796. The number of rotatable bonds is 3. The zero-order valence-corrected chi connectivity index (χ0v) is 11.3. The first kappa shape index (κ1) is 13.0. The highest BCUT2D eigenvalue weighted by atomic mass is 16.4. The van der Waals surface area contributed by atoms with E-state index < -0.39 is 5.97 Å². The molecular weight excluding hydrogens is 268 g/mol. The van der Waals surface area contributed by atoms with Gasteiger partial charge < -0.3 is 5.11 Å². The van der Waals surface area contributed by atoms with E-state index in [0.29, 0.717) is 11.6 Å². The summed E-state index contributed by atoms with van der Waals surface area (Å²) in [4.78, 5) is 23.6. The number of carboxylic acid groups (broad SMARTS) is 1. The summed E-state index contributed by atoms with van der Waals surface area (Å²) < 4.78 is 1.57. The third-order valence-electron chi connectivity index (χ3n) is 2.94. The molecule has 0 unspecified atom stereocenters. The zero-order valence-electron chi connectivity index (χ0n) is 11.3. The maximum absolute atomic E-state index is 10.9. The Morgan fingerprint density at radius 3 is 2.62 bits per heavy atom. The summed E-state index contributed by atoms with van der Waals surface area (Å²) in [6.07, 6.45) is 2.86. The minimum atomic E-state index is -1.07. The summed E-state index contributed by atoms with van der Waals surface area (Å²) in [5, 5.41) is 8.92. The fourth-order valence-corrected chi connectivity index (χ4v) is 1.96. The van der Waals surface area contributed by atoms with Crippen molar-refractivity contribution in [2.45, 2.75) is 6.92 Å². The lowest BCUT2D eigenvalue weighted by Crippen LogP contribution is -2.01. The van der Waals surface area contributed by atoms with Gasteiger partial charge in [0, 0.05) is 23.5 Å². The molecule has 2 aromatic heterocycles. The van der Waals surface area contributed by atoms with Crippen molar-refractivity contribution in [3.8, 4) is 17.2 Å². The Morgan fingerprint density at radius 1 is 1.19 bits per heavy atom. The summed E-state index contributed by atoms with van der Waals surface area (Å²) in [6.45, 7) is 1.87. The Balaban J connectivity index is 2.07. The average Bonchev–Trinajstić information content (AvgIpc) is 2.98. The van der Waals surface area contributed by atoms with Crippen molar-refractivity contribution in [2.24, 2.45) is 0 Å². The maximum atomic E-state index is 10.9. The van der Waals surface area contributed by atoms with Crippen LogP contribution >= 0.6 is 0 Å². The van der Waals surface area contributed by atoms with Crippen molar-refractivity contribution < 1.29 is 9.90 Å². The Morgan fingerprint density at radius 2 is 1.95 bits per heavy atom. The molecule has 0 saturated heterocycles. The SMILES string of the molecule is Cc1cc(-n2cnc(C(=O)O)c2)nc(-c2ccccc2)n1. The molecule has 3 aromatic rings. The Labute approximate surface area is 120 Å². The normalized spacial score (nSPS) is 10.5. The van der Waals surface area contributed by atoms with E-state index in [9.17, 15) is 4.79 Å². The number of hydrogen-bond donors (Lipinski definition) is 1. The van der Waals surface area contributed by atoms with E-state index in [4.69, 9.17) is 5.11 Å². The van der Waals surface area contributed by atoms with E-state index in [1.54, 1.807) is 10.6 Å². The van der Waals surface area contributed by atoms with Crippen molar-refractivity contribution in [3.63, 3.8) is 0 Å². The second kappa shape index (κ2) is 5.16. The molecule has 21 heavy (non-hydrogen) atoms. The smallest absolute Gasteiger partial charge is 0.356 e. The van der Waals surface area contributed by atoms with Crippen LogP contribution in [0.4, 0.5) is 0 Å². The highest BCUT2D eigenvalue weighted by Gasteiger charge is 2.10. The highest BCUT2D eigenvalue weighted by Crippen LogP contribution is 2.17. The summed E-state index contributed by atoms with van der Waals surface area (Å²) in [5.41, 5.74) is 1.68. The molecule has 0 radical (unpaired) electrons. The number of benzene rings is 1. The number of aromatic nitrogens is 4. The molecule has 0 saturated carbocycles. The largest absolute Gasteiger partial charge is 0.476 e. The molecule has 1 aromatic carbocycles. The maximum Gasteiger partial charge on any atom is 0.356 e. The van der Waals surface area contributed by atoms with E-state index in [-0.39, 0.29) is 5.69 Å². The zero-order chi connectivity index (χ0) is 14.8. The third-order valence-corrected chi connectivity index (χ3v) is 2.94. The minimum absolute atomic E-state index is 0.0208. The van der Waals surface area contributed by atoms with Crippen molar-refractivity contribution in [3.05, 3.63) is 60.3 Å². The van der Waals surface area contributed by atoms with Crippen LogP contribution in [0.5, 0.6) is 0 Å². The fourth-order valence-electron chi connectivity index (χ4n) is 1.96. The number of aryl methyl sites for hydroxylation is 1. The van der Waals surface area contributed by atoms with E-state index in [1.165, 1.54) is 12.5 Å². The first-order valence-corrected chi connectivity index (χ1v) is 6.32. The van der Waals surface area contributed by atoms with E-state index in [1.807, 2.05) is 37.3 Å². The van der Waals surface area contributed by atoms with Gasteiger partial charge in [0.2, 0.25) is 0 Å². The number of imidazole rings is 1. The molecule has 0 amide bonds. The van der Waals surface area contributed by atoms with Crippen LogP contribution < -0.4 is 0 Å². The molecule has 6 nitrogen and oxygen atoms in total. The van der Waals surface area contributed by atoms with E-state index >= 15 is 0 Å². The lowest BCUT2D eigenvalue weighted by atomic mass is 10.2. The van der Waals surface area contributed by atoms with Gasteiger partial charge in [0.1, 0.15) is 12.1 Å². The van der Waals surface area contributed by atoms with Crippen LogP contribution in [0.1, 0.15) is 16.2 Å². The molecule has 0 atom stereocenters. The molecule has 104 valence electrons. The van der Waals surface area contributed by atoms with Gasteiger partial charge >= 0.3 is 5.97 Å². The predicted molar refractivity (Wildman–Crippen MR) is 76.3 cm³/mol. The van der Waals surface area contributed by atoms with Crippen molar-refractivity contribution >= 4 is 5.97 Å². The van der Waals surface area contributed by atoms with Crippen LogP contribution in [0.25, 0.3) is 17.2 Å². The van der Waals surface area contributed by atoms with Crippen LogP contribution in [0.2, 0.25) is 0 Å². The summed E-state index contributed by atoms with van der Waals surface area (Å²) in [6, 6.07) is 11.4. The topological polar surface area (TPSA) is 80.9 Å². The lowest BCUT2D eigenvalue weighted by molar-refractivity contribution is 0.0691. The molecule has 1 N–H and O–H groups in total. The summed E-state index contributed by atoms with van der Waals surface area (Å²) >= 11 is 0. The van der Waals surface area contributed by atoms with Gasteiger partial charge in [0.05, 0.1) is 0 Å². The number of carbonyl (C=O) groups is 1. The van der Waals surface area contributed by atoms with Gasteiger partial charge in [0.25, 0.3) is 0 Å². The van der Waals surface area contributed by atoms with Crippen molar-refractivity contribution in [1.82, 2.24) is 19.5 Å². The number of nitrogens with zero attached hydrogens (tertiary/aromatic N) is 4. The van der Waals surface area contributed by atoms with E-state index in [2.05, 4.69) is 15.0 Å². The Hall–Kier alpha value is -3.02. The van der Waals surface area contributed by atoms with Gasteiger partial charge in [-0.1, -0.05) is 30.3 Å². The highest BCUT2D eigenvalue weighted by molar-refractivity contribution is 5.85. The van der Waals surface area contributed by atoms with E-state index in [0.717, 1.165) is 11.3 Å². The second-order valence-corrected chi connectivity index (χ2v) is 4.53. The van der Waals surface area contributed by atoms with Crippen LogP contribution in [0.15, 0.2) is 48.9 Å². The first-order chi connectivity index (χ1) is 10.1. The molecule has 0 spiro atoms. The monoisotopic (exact) mass is 280 g/mol. The van der Waals surface area contributed by atoms with Crippen molar-refractivity contribution in [1.29, 1.82) is 0 Å². The molecule has 0 aliphatic rings. The number of hydrogen-bond acceptors (Lipinski definition) is 4. The Kier molecular flexibility index (Phi) is 3.19. The van der Waals surface area contributed by atoms with Gasteiger partial charge in [-0.3, -0.25) is 4.57 Å². The molecule has 6 heteroatoms. The van der Waals surface area contributed by atoms with Gasteiger partial charge in [0.15, 0.2) is 11.5 Å². The fraction of sp³-hybridized carbons (Fsp3) is 0.0667. The summed E-state index contributed by atoms with van der Waals surface area (Å²) in [7, 11) is 0. The molecule has 0 aliphatic carbocycles. The molecular formula is C15H12N4O2. The van der Waals surface area contributed by atoms with Crippen LogP contribution in [-0.2, 0) is 0 Å². The summed E-state index contributed by atoms with van der Waals surface area (Å²) in [5.74, 6) is 0.111. The average molecular weight is 280 g/mol. The Bertz CT molecular complexity index is 796.